The molecule has 0 bridgehead atoms. The molecule has 0 unspecified atom stereocenters. The minimum atomic E-state index is 0.764. The van der Waals surface area contributed by atoms with E-state index in [0.717, 1.165) is 11.3 Å². The van der Waals surface area contributed by atoms with Crippen LogP contribution in [0.2, 0.25) is 0 Å². The molecule has 0 aromatic rings. The van der Waals surface area contributed by atoms with Gasteiger partial charge in [-0.2, -0.15) is 0 Å². The molecule has 0 atom stereocenters. The molecule has 1 aliphatic carbocycles. The predicted molar refractivity (Wildman–Crippen MR) is 56.8 cm³/mol. The maximum absolute atomic E-state index is 2.70. The van der Waals surface area contributed by atoms with Crippen molar-refractivity contribution in [1.82, 2.24) is 4.90 Å². The quantitative estimate of drug-likeness (QED) is 0.647. The van der Waals surface area contributed by atoms with E-state index < -0.39 is 0 Å². The highest BCUT2D eigenvalue weighted by molar-refractivity contribution is 4.94. The van der Waals surface area contributed by atoms with Crippen LogP contribution in [-0.4, -0.2) is 24.5 Å². The molecule has 2 aliphatic rings. The van der Waals surface area contributed by atoms with Gasteiger partial charge in [-0.3, -0.25) is 0 Å². The highest BCUT2D eigenvalue weighted by Crippen LogP contribution is 2.49. The van der Waals surface area contributed by atoms with Crippen molar-refractivity contribution in [2.75, 3.05) is 19.6 Å². The minimum Gasteiger partial charge on any atom is -0.303 e. The van der Waals surface area contributed by atoms with Crippen LogP contribution in [0.1, 0.15) is 46.0 Å². The van der Waals surface area contributed by atoms with Crippen LogP contribution >= 0.6 is 0 Å². The molecule has 13 heavy (non-hydrogen) atoms. The molecule has 1 heterocycles. The van der Waals surface area contributed by atoms with E-state index in [4.69, 9.17) is 0 Å². The molecule has 0 aromatic heterocycles. The first-order valence-corrected chi connectivity index (χ1v) is 5.96. The Bertz CT molecular complexity index is 164. The molecule has 2 fully saturated rings. The van der Waals surface area contributed by atoms with Crippen molar-refractivity contribution < 1.29 is 0 Å². The van der Waals surface area contributed by atoms with Crippen molar-refractivity contribution in [2.45, 2.75) is 46.0 Å². The third-order valence-electron chi connectivity index (χ3n) is 4.14. The summed E-state index contributed by atoms with van der Waals surface area (Å²) in [5.74, 6) is 0.980. The number of piperidine rings is 1. The summed E-state index contributed by atoms with van der Waals surface area (Å²) in [6, 6.07) is 0. The maximum Gasteiger partial charge on any atom is 0.00379 e. The molecule has 0 radical (unpaired) electrons. The largest absolute Gasteiger partial charge is 0.303 e. The van der Waals surface area contributed by atoms with Crippen molar-refractivity contribution in [3.63, 3.8) is 0 Å². The van der Waals surface area contributed by atoms with Gasteiger partial charge in [0.25, 0.3) is 0 Å². The summed E-state index contributed by atoms with van der Waals surface area (Å²) in [6.45, 7) is 8.88. The first-order valence-electron chi connectivity index (χ1n) is 5.96. The predicted octanol–water partition coefficient (Wildman–Crippen LogP) is 2.91. The summed E-state index contributed by atoms with van der Waals surface area (Å²) in [4.78, 5) is 2.70. The van der Waals surface area contributed by atoms with Crippen molar-refractivity contribution in [1.29, 1.82) is 0 Å². The number of hydrogen-bond donors (Lipinski definition) is 0. The Morgan fingerprint density at radius 2 is 1.85 bits per heavy atom. The van der Waals surface area contributed by atoms with E-state index in [-0.39, 0.29) is 0 Å². The summed E-state index contributed by atoms with van der Waals surface area (Å²) in [5.41, 5.74) is 0.764. The Morgan fingerprint density at radius 3 is 2.31 bits per heavy atom. The number of hydrogen-bond acceptors (Lipinski definition) is 1. The number of rotatable bonds is 3. The molecule has 0 aromatic carbocycles. The Hall–Kier alpha value is -0.0400. The van der Waals surface area contributed by atoms with Crippen LogP contribution in [0.4, 0.5) is 0 Å². The topological polar surface area (TPSA) is 3.24 Å². The Labute approximate surface area is 82.5 Å². The fourth-order valence-electron chi connectivity index (χ4n) is 2.49. The van der Waals surface area contributed by atoms with Gasteiger partial charge < -0.3 is 4.90 Å². The smallest absolute Gasteiger partial charge is 0.00379 e. The second-order valence-electron chi connectivity index (χ2n) is 5.31. The van der Waals surface area contributed by atoms with E-state index in [1.807, 2.05) is 0 Å². The molecule has 1 saturated heterocycles. The lowest BCUT2D eigenvalue weighted by Crippen LogP contribution is -2.37. The average molecular weight is 181 g/mol. The van der Waals surface area contributed by atoms with Crippen LogP contribution in [0.5, 0.6) is 0 Å². The molecule has 1 saturated carbocycles. The highest BCUT2D eigenvalue weighted by Gasteiger charge is 2.42. The van der Waals surface area contributed by atoms with E-state index in [2.05, 4.69) is 18.7 Å². The first kappa shape index (κ1) is 9.51. The number of likely N-dealkylation sites (tertiary alicyclic amines) is 1. The zero-order chi connectivity index (χ0) is 9.31. The molecular weight excluding hydrogens is 158 g/mol. The van der Waals surface area contributed by atoms with Gasteiger partial charge in [0.1, 0.15) is 0 Å². The van der Waals surface area contributed by atoms with E-state index in [9.17, 15) is 0 Å². The third-order valence-corrected chi connectivity index (χ3v) is 4.14. The van der Waals surface area contributed by atoms with Gasteiger partial charge in [0.15, 0.2) is 0 Å². The lowest BCUT2D eigenvalue weighted by atomic mass is 9.96. The number of nitrogens with zero attached hydrogens (tertiary/aromatic N) is 1. The Balaban J connectivity index is 1.76. The Kier molecular flexibility index (Phi) is 2.64. The monoisotopic (exact) mass is 181 g/mol. The lowest BCUT2D eigenvalue weighted by Gasteiger charge is -2.32. The van der Waals surface area contributed by atoms with Crippen LogP contribution in [0, 0.1) is 11.3 Å². The fourth-order valence-corrected chi connectivity index (χ4v) is 2.49. The zero-order valence-corrected chi connectivity index (χ0v) is 9.18. The van der Waals surface area contributed by atoms with E-state index in [1.165, 1.54) is 51.7 Å². The van der Waals surface area contributed by atoms with Gasteiger partial charge in [0.2, 0.25) is 0 Å². The lowest BCUT2D eigenvalue weighted by molar-refractivity contribution is 0.157. The van der Waals surface area contributed by atoms with Crippen LogP contribution in [0.3, 0.4) is 0 Å². The summed E-state index contributed by atoms with van der Waals surface area (Å²) >= 11 is 0. The summed E-state index contributed by atoms with van der Waals surface area (Å²) in [6.07, 6.45) is 7.25. The van der Waals surface area contributed by atoms with Crippen LogP contribution < -0.4 is 0 Å². The molecule has 1 nitrogen and oxygen atoms in total. The van der Waals surface area contributed by atoms with Crippen molar-refractivity contribution in [3.8, 4) is 0 Å². The van der Waals surface area contributed by atoms with Crippen molar-refractivity contribution in [3.05, 3.63) is 0 Å². The SMILES string of the molecule is CCC1(CN2CCC(C)CC2)CC1. The molecule has 0 N–H and O–H groups in total. The molecule has 0 amide bonds. The maximum atomic E-state index is 2.70. The van der Waals surface area contributed by atoms with Gasteiger partial charge in [-0.1, -0.05) is 13.8 Å². The normalized spacial score (nSPS) is 29.1. The second-order valence-corrected chi connectivity index (χ2v) is 5.31. The van der Waals surface area contributed by atoms with Gasteiger partial charge in [-0.15, -0.1) is 0 Å². The average Bonchev–Trinajstić information content (AvgIpc) is 2.90. The minimum absolute atomic E-state index is 0.764. The molecule has 76 valence electrons. The highest BCUT2D eigenvalue weighted by atomic mass is 15.1. The molecule has 0 spiro atoms. The molecular formula is C12H23N. The second kappa shape index (κ2) is 3.61. The van der Waals surface area contributed by atoms with Crippen LogP contribution in [-0.2, 0) is 0 Å². The van der Waals surface area contributed by atoms with Gasteiger partial charge in [0.05, 0.1) is 0 Å². The fraction of sp³-hybridized carbons (Fsp3) is 1.00. The van der Waals surface area contributed by atoms with Gasteiger partial charge in [0, 0.05) is 6.54 Å². The zero-order valence-electron chi connectivity index (χ0n) is 9.18. The molecule has 1 heteroatoms. The summed E-state index contributed by atoms with van der Waals surface area (Å²) in [7, 11) is 0. The van der Waals surface area contributed by atoms with Crippen LogP contribution in [0.25, 0.3) is 0 Å². The van der Waals surface area contributed by atoms with Gasteiger partial charge in [-0.25, -0.2) is 0 Å². The molecule has 2 rings (SSSR count). The van der Waals surface area contributed by atoms with Crippen molar-refractivity contribution >= 4 is 0 Å². The summed E-state index contributed by atoms with van der Waals surface area (Å²) in [5, 5.41) is 0. The summed E-state index contributed by atoms with van der Waals surface area (Å²) < 4.78 is 0. The van der Waals surface area contributed by atoms with Crippen molar-refractivity contribution in [2.24, 2.45) is 11.3 Å². The van der Waals surface area contributed by atoms with Gasteiger partial charge >= 0.3 is 0 Å². The van der Waals surface area contributed by atoms with E-state index in [0.29, 0.717) is 0 Å². The van der Waals surface area contributed by atoms with Crippen LogP contribution in [0.15, 0.2) is 0 Å². The standard InChI is InChI=1S/C12H23N/c1-3-12(6-7-12)10-13-8-4-11(2)5-9-13/h11H,3-10H2,1-2H3. The third kappa shape index (κ3) is 2.25. The molecule has 1 aliphatic heterocycles. The Morgan fingerprint density at radius 1 is 1.23 bits per heavy atom. The van der Waals surface area contributed by atoms with E-state index in [1.54, 1.807) is 0 Å². The van der Waals surface area contributed by atoms with E-state index >= 15 is 0 Å². The first-order chi connectivity index (χ1) is 6.24. The van der Waals surface area contributed by atoms with Gasteiger partial charge in [-0.05, 0) is 56.5 Å².